The van der Waals surface area contributed by atoms with Gasteiger partial charge in [0, 0.05) is 11.4 Å². The summed E-state index contributed by atoms with van der Waals surface area (Å²) >= 11 is 19.2. The maximum atomic E-state index is 12.5. The smallest absolute Gasteiger partial charge is 0.359 e. The maximum absolute atomic E-state index is 12.5. The first kappa shape index (κ1) is 19.2. The molecule has 3 rings (SSSR count). The number of hydrogen-bond donors (Lipinski definition) is 1. The van der Waals surface area contributed by atoms with Crippen LogP contribution in [0.2, 0.25) is 15.2 Å². The summed E-state index contributed by atoms with van der Waals surface area (Å²) in [4.78, 5) is 31.3. The van der Waals surface area contributed by atoms with E-state index in [0.29, 0.717) is 6.54 Å². The third-order valence-corrected chi connectivity index (χ3v) is 6.15. The molecule has 1 aliphatic rings. The van der Waals surface area contributed by atoms with Crippen molar-refractivity contribution < 1.29 is 14.3 Å². The highest BCUT2D eigenvalue weighted by Crippen LogP contribution is 2.35. The second kappa shape index (κ2) is 8.00. The summed E-state index contributed by atoms with van der Waals surface area (Å²) in [6.45, 7) is 0.205. The van der Waals surface area contributed by atoms with Crippen molar-refractivity contribution in [2.75, 3.05) is 18.9 Å². The van der Waals surface area contributed by atoms with Crippen LogP contribution in [0.15, 0.2) is 17.5 Å². The van der Waals surface area contributed by atoms with Gasteiger partial charge in [0.2, 0.25) is 0 Å². The highest BCUT2D eigenvalue weighted by atomic mass is 35.5. The van der Waals surface area contributed by atoms with Gasteiger partial charge in [-0.1, -0.05) is 40.9 Å². The first-order chi connectivity index (χ1) is 12.4. The SMILES string of the molecule is Nc1c(Cl)c(Cl)nc(C(=O)OCC(=O)N2CCCC2c2cccs2)c1Cl. The van der Waals surface area contributed by atoms with E-state index in [-0.39, 0.29) is 38.5 Å². The molecule has 1 aliphatic heterocycles. The normalized spacial score (nSPS) is 16.7. The molecule has 2 aromatic heterocycles. The Morgan fingerprint density at radius 2 is 2.12 bits per heavy atom. The number of likely N-dealkylation sites (tertiary alicyclic amines) is 1. The summed E-state index contributed by atoms with van der Waals surface area (Å²) in [6.07, 6.45) is 1.79. The van der Waals surface area contributed by atoms with Gasteiger partial charge in [-0.3, -0.25) is 4.79 Å². The zero-order valence-corrected chi connectivity index (χ0v) is 16.5. The van der Waals surface area contributed by atoms with Crippen molar-refractivity contribution in [3.8, 4) is 0 Å². The van der Waals surface area contributed by atoms with Gasteiger partial charge in [-0.15, -0.1) is 11.3 Å². The molecular weight excluding hydrogens is 421 g/mol. The quantitative estimate of drug-likeness (QED) is 0.575. The lowest BCUT2D eigenvalue weighted by atomic mass is 10.2. The maximum Gasteiger partial charge on any atom is 0.359 e. The molecule has 2 aromatic rings. The number of nitrogens with zero attached hydrogens (tertiary/aromatic N) is 2. The number of nitrogens with two attached hydrogens (primary N) is 1. The molecule has 3 heterocycles. The number of carbonyl (C=O) groups is 2. The average Bonchev–Trinajstić information content (AvgIpc) is 3.31. The molecule has 0 radical (unpaired) electrons. The molecule has 26 heavy (non-hydrogen) atoms. The van der Waals surface area contributed by atoms with Crippen LogP contribution < -0.4 is 5.73 Å². The topological polar surface area (TPSA) is 85.5 Å². The molecule has 10 heteroatoms. The molecule has 0 aromatic carbocycles. The van der Waals surface area contributed by atoms with E-state index in [0.717, 1.165) is 17.7 Å². The number of rotatable bonds is 4. The predicted molar refractivity (Wildman–Crippen MR) is 102 cm³/mol. The van der Waals surface area contributed by atoms with Crippen LogP contribution >= 0.6 is 46.1 Å². The van der Waals surface area contributed by atoms with Crippen LogP contribution in [0.3, 0.4) is 0 Å². The van der Waals surface area contributed by atoms with Gasteiger partial charge in [0.05, 0.1) is 16.8 Å². The Bertz CT molecular complexity index is 845. The molecule has 6 nitrogen and oxygen atoms in total. The Hall–Kier alpha value is -1.54. The highest BCUT2D eigenvalue weighted by molar-refractivity contribution is 7.10. The average molecular weight is 435 g/mol. The Balaban J connectivity index is 1.67. The monoisotopic (exact) mass is 433 g/mol. The van der Waals surface area contributed by atoms with Crippen LogP contribution in [-0.2, 0) is 9.53 Å². The van der Waals surface area contributed by atoms with Crippen LogP contribution in [0.25, 0.3) is 0 Å². The largest absolute Gasteiger partial charge is 0.451 e. The summed E-state index contributed by atoms with van der Waals surface area (Å²) in [6, 6.07) is 3.96. The van der Waals surface area contributed by atoms with Crippen LogP contribution in [-0.4, -0.2) is 34.9 Å². The summed E-state index contributed by atoms with van der Waals surface area (Å²) in [7, 11) is 0. The minimum atomic E-state index is -0.888. The van der Waals surface area contributed by atoms with Crippen molar-refractivity contribution >= 4 is 63.7 Å². The Morgan fingerprint density at radius 1 is 1.35 bits per heavy atom. The van der Waals surface area contributed by atoms with E-state index in [1.165, 1.54) is 0 Å². The number of nitrogen functional groups attached to an aromatic ring is 1. The second-order valence-electron chi connectivity index (χ2n) is 5.63. The van der Waals surface area contributed by atoms with Crippen LogP contribution in [0.5, 0.6) is 0 Å². The lowest BCUT2D eigenvalue weighted by Gasteiger charge is -2.23. The van der Waals surface area contributed by atoms with Gasteiger partial charge in [0.1, 0.15) is 5.02 Å². The van der Waals surface area contributed by atoms with Gasteiger partial charge >= 0.3 is 5.97 Å². The van der Waals surface area contributed by atoms with Crippen molar-refractivity contribution in [1.29, 1.82) is 0 Å². The number of thiophene rings is 1. The molecular formula is C16H14Cl3N3O3S. The minimum Gasteiger partial charge on any atom is -0.451 e. The van der Waals surface area contributed by atoms with Crippen LogP contribution in [0.1, 0.15) is 34.2 Å². The van der Waals surface area contributed by atoms with Gasteiger partial charge in [-0.25, -0.2) is 9.78 Å². The van der Waals surface area contributed by atoms with Crippen LogP contribution in [0, 0.1) is 0 Å². The Labute approximate surface area is 168 Å². The Kier molecular flexibility index (Phi) is 5.92. The van der Waals surface area contributed by atoms with Crippen molar-refractivity contribution in [3.63, 3.8) is 0 Å². The summed E-state index contributed by atoms with van der Waals surface area (Å²) in [5, 5.41) is 1.61. The van der Waals surface area contributed by atoms with Gasteiger partial charge in [-0.05, 0) is 24.3 Å². The number of halogens is 3. The molecule has 1 fully saturated rings. The summed E-state index contributed by atoms with van der Waals surface area (Å²) < 4.78 is 5.07. The van der Waals surface area contributed by atoms with Crippen molar-refractivity contribution in [3.05, 3.63) is 43.3 Å². The second-order valence-corrected chi connectivity index (χ2v) is 7.72. The number of anilines is 1. The first-order valence-corrected chi connectivity index (χ1v) is 9.71. The van der Waals surface area contributed by atoms with E-state index in [2.05, 4.69) is 4.98 Å². The number of pyridine rings is 1. The van der Waals surface area contributed by atoms with Gasteiger partial charge < -0.3 is 15.4 Å². The standard InChI is InChI=1S/C16H14Cl3N3O3S/c17-11-13(20)12(18)15(19)21-14(11)16(24)25-7-10(23)22-5-1-3-8(22)9-4-2-6-26-9/h2,4,6,8H,1,3,5,7H2,(H2,20,21). The minimum absolute atomic E-state index is 0.0172. The number of hydrogen-bond acceptors (Lipinski definition) is 6. The lowest BCUT2D eigenvalue weighted by Crippen LogP contribution is -2.34. The molecule has 1 atom stereocenters. The fourth-order valence-corrected chi connectivity index (χ4v) is 4.25. The summed E-state index contributed by atoms with van der Waals surface area (Å²) in [5.41, 5.74) is 5.34. The number of amides is 1. The molecule has 0 bridgehead atoms. The van der Waals surface area contributed by atoms with Gasteiger partial charge in [-0.2, -0.15) is 0 Å². The van der Waals surface area contributed by atoms with Crippen LogP contribution in [0.4, 0.5) is 5.69 Å². The zero-order valence-electron chi connectivity index (χ0n) is 13.4. The van der Waals surface area contributed by atoms with Crippen molar-refractivity contribution in [1.82, 2.24) is 9.88 Å². The van der Waals surface area contributed by atoms with Gasteiger partial charge in [0.25, 0.3) is 5.91 Å². The number of ether oxygens (including phenoxy) is 1. The molecule has 0 aliphatic carbocycles. The van der Waals surface area contributed by atoms with Crippen molar-refractivity contribution in [2.45, 2.75) is 18.9 Å². The highest BCUT2D eigenvalue weighted by Gasteiger charge is 2.31. The third-order valence-electron chi connectivity index (χ3n) is 4.04. The number of aromatic nitrogens is 1. The van der Waals surface area contributed by atoms with Gasteiger partial charge in [0.15, 0.2) is 17.5 Å². The fraction of sp³-hybridized carbons (Fsp3) is 0.312. The molecule has 0 saturated carbocycles. The van der Waals surface area contributed by atoms with E-state index >= 15 is 0 Å². The lowest BCUT2D eigenvalue weighted by molar-refractivity contribution is -0.135. The molecule has 138 valence electrons. The van der Waals surface area contributed by atoms with E-state index in [1.54, 1.807) is 16.2 Å². The zero-order chi connectivity index (χ0) is 18.8. The number of carbonyl (C=O) groups excluding carboxylic acids is 2. The third kappa shape index (κ3) is 3.76. The number of esters is 1. The molecule has 2 N–H and O–H groups in total. The van der Waals surface area contributed by atoms with E-state index in [1.807, 2.05) is 17.5 Å². The molecule has 1 saturated heterocycles. The van der Waals surface area contributed by atoms with E-state index in [9.17, 15) is 9.59 Å². The molecule has 1 unspecified atom stereocenters. The van der Waals surface area contributed by atoms with Crippen molar-refractivity contribution in [2.24, 2.45) is 0 Å². The Morgan fingerprint density at radius 3 is 2.81 bits per heavy atom. The van der Waals surface area contributed by atoms with E-state index in [4.69, 9.17) is 45.3 Å². The fourth-order valence-electron chi connectivity index (χ4n) is 2.79. The first-order valence-electron chi connectivity index (χ1n) is 7.70. The van der Waals surface area contributed by atoms with E-state index < -0.39 is 12.6 Å². The molecule has 1 amide bonds. The predicted octanol–water partition coefficient (Wildman–Crippen LogP) is 4.21. The molecule has 0 spiro atoms. The summed E-state index contributed by atoms with van der Waals surface area (Å²) in [5.74, 6) is -1.17.